The van der Waals surface area contributed by atoms with Gasteiger partial charge in [-0.3, -0.25) is 0 Å². The van der Waals surface area contributed by atoms with Crippen LogP contribution in [0.5, 0.6) is 0 Å². The Kier molecular flexibility index (Phi) is 9.00. The normalized spacial score (nSPS) is 11.1. The summed E-state index contributed by atoms with van der Waals surface area (Å²) in [6.45, 7) is 3.46. The molecule has 0 spiro atoms. The molecule has 0 aliphatic carbocycles. The van der Waals surface area contributed by atoms with Crippen LogP contribution in [0.3, 0.4) is 0 Å². The summed E-state index contributed by atoms with van der Waals surface area (Å²) in [5, 5.41) is 3.50. The fourth-order valence-electron chi connectivity index (χ4n) is 1.71. The van der Waals surface area contributed by atoms with Crippen molar-refractivity contribution < 1.29 is 0 Å². The first kappa shape index (κ1) is 15.5. The molecule has 2 nitrogen and oxygen atoms in total. The molecule has 1 N–H and O–H groups in total. The second-order valence-electron chi connectivity index (χ2n) is 4.80. The number of hydrogen-bond acceptors (Lipinski definition) is 3. The monoisotopic (exact) mass is 266 g/mol. The van der Waals surface area contributed by atoms with Crippen LogP contribution < -0.4 is 5.32 Å². The topological polar surface area (TPSA) is 15.3 Å². The van der Waals surface area contributed by atoms with E-state index in [1.807, 2.05) is 11.8 Å². The van der Waals surface area contributed by atoms with Crippen LogP contribution in [0.1, 0.15) is 18.4 Å². The van der Waals surface area contributed by atoms with Crippen LogP contribution in [0.4, 0.5) is 0 Å². The molecular formula is C15H26N2S. The molecule has 0 saturated carbocycles. The van der Waals surface area contributed by atoms with Crippen molar-refractivity contribution in [2.45, 2.75) is 18.6 Å². The van der Waals surface area contributed by atoms with Gasteiger partial charge in [-0.1, -0.05) is 30.3 Å². The molecule has 0 aliphatic heterocycles. The van der Waals surface area contributed by atoms with E-state index in [1.165, 1.54) is 30.7 Å². The van der Waals surface area contributed by atoms with E-state index >= 15 is 0 Å². The molecule has 0 saturated heterocycles. The third-order valence-electron chi connectivity index (χ3n) is 2.71. The first-order chi connectivity index (χ1) is 8.79. The van der Waals surface area contributed by atoms with E-state index in [0.29, 0.717) is 0 Å². The maximum Gasteiger partial charge on any atom is 0.0184 e. The SMILES string of the molecule is CN(C)CCCNCCCSCc1ccccc1. The van der Waals surface area contributed by atoms with Crippen LogP contribution in [0.15, 0.2) is 30.3 Å². The van der Waals surface area contributed by atoms with Crippen molar-refractivity contribution >= 4 is 11.8 Å². The van der Waals surface area contributed by atoms with Crippen LogP contribution in [-0.2, 0) is 5.75 Å². The van der Waals surface area contributed by atoms with Gasteiger partial charge in [0.1, 0.15) is 0 Å². The Morgan fingerprint density at radius 1 is 1.06 bits per heavy atom. The second kappa shape index (κ2) is 10.4. The highest BCUT2D eigenvalue weighted by Crippen LogP contribution is 2.11. The van der Waals surface area contributed by atoms with E-state index < -0.39 is 0 Å². The number of benzene rings is 1. The molecule has 0 aliphatic rings. The third kappa shape index (κ3) is 8.56. The van der Waals surface area contributed by atoms with Crippen LogP contribution in [0.2, 0.25) is 0 Å². The van der Waals surface area contributed by atoms with E-state index in [0.717, 1.165) is 18.8 Å². The molecule has 1 rings (SSSR count). The van der Waals surface area contributed by atoms with Gasteiger partial charge in [-0.2, -0.15) is 11.8 Å². The van der Waals surface area contributed by atoms with E-state index in [1.54, 1.807) is 0 Å². The summed E-state index contributed by atoms with van der Waals surface area (Å²) < 4.78 is 0. The van der Waals surface area contributed by atoms with Gasteiger partial charge in [0, 0.05) is 5.75 Å². The fourth-order valence-corrected chi connectivity index (χ4v) is 2.63. The van der Waals surface area contributed by atoms with Crippen molar-refractivity contribution in [2.24, 2.45) is 0 Å². The Morgan fingerprint density at radius 2 is 1.78 bits per heavy atom. The zero-order valence-corrected chi connectivity index (χ0v) is 12.5. The van der Waals surface area contributed by atoms with Gasteiger partial charge in [0.25, 0.3) is 0 Å². The summed E-state index contributed by atoms with van der Waals surface area (Å²) in [6, 6.07) is 10.7. The second-order valence-corrected chi connectivity index (χ2v) is 5.90. The zero-order valence-electron chi connectivity index (χ0n) is 11.7. The minimum absolute atomic E-state index is 1.14. The molecule has 0 aromatic heterocycles. The largest absolute Gasteiger partial charge is 0.317 e. The molecule has 0 radical (unpaired) electrons. The third-order valence-corrected chi connectivity index (χ3v) is 3.83. The lowest BCUT2D eigenvalue weighted by molar-refractivity contribution is 0.394. The molecule has 1 aromatic rings. The lowest BCUT2D eigenvalue weighted by atomic mass is 10.2. The number of hydrogen-bond donors (Lipinski definition) is 1. The molecule has 3 heteroatoms. The molecule has 0 unspecified atom stereocenters. The Labute approximate surface area is 116 Å². The number of thioether (sulfide) groups is 1. The lowest BCUT2D eigenvalue weighted by Gasteiger charge is -2.09. The average Bonchev–Trinajstić information content (AvgIpc) is 2.37. The number of rotatable bonds is 10. The maximum absolute atomic E-state index is 3.50. The molecule has 0 amide bonds. The van der Waals surface area contributed by atoms with Crippen LogP contribution in [0, 0.1) is 0 Å². The highest BCUT2D eigenvalue weighted by Gasteiger charge is 1.94. The molecule has 0 bridgehead atoms. The van der Waals surface area contributed by atoms with E-state index in [2.05, 4.69) is 54.6 Å². The predicted octanol–water partition coefficient (Wildman–Crippen LogP) is 2.85. The van der Waals surface area contributed by atoms with Gasteiger partial charge in [-0.05, 0) is 57.9 Å². The van der Waals surface area contributed by atoms with E-state index in [4.69, 9.17) is 0 Å². The summed E-state index contributed by atoms with van der Waals surface area (Å²) in [5.74, 6) is 2.39. The Hall–Kier alpha value is -0.510. The Balaban J connectivity index is 1.84. The quantitative estimate of drug-likeness (QED) is 0.656. The molecule has 0 fully saturated rings. The van der Waals surface area contributed by atoms with Crippen LogP contribution >= 0.6 is 11.8 Å². The lowest BCUT2D eigenvalue weighted by Crippen LogP contribution is -2.22. The van der Waals surface area contributed by atoms with Gasteiger partial charge in [0.2, 0.25) is 0 Å². The molecular weight excluding hydrogens is 240 g/mol. The molecule has 18 heavy (non-hydrogen) atoms. The van der Waals surface area contributed by atoms with E-state index in [9.17, 15) is 0 Å². The highest BCUT2D eigenvalue weighted by atomic mass is 32.2. The average molecular weight is 266 g/mol. The summed E-state index contributed by atoms with van der Waals surface area (Å²) >= 11 is 2.03. The van der Waals surface area contributed by atoms with Crippen molar-refractivity contribution in [3.05, 3.63) is 35.9 Å². The summed E-state index contributed by atoms with van der Waals surface area (Å²) in [4.78, 5) is 2.23. The summed E-state index contributed by atoms with van der Waals surface area (Å²) in [5.41, 5.74) is 1.43. The Bertz CT molecular complexity index is 288. The summed E-state index contributed by atoms with van der Waals surface area (Å²) in [7, 11) is 4.25. The van der Waals surface area contributed by atoms with Crippen molar-refractivity contribution in [3.8, 4) is 0 Å². The maximum atomic E-state index is 3.50. The van der Waals surface area contributed by atoms with Gasteiger partial charge in [-0.25, -0.2) is 0 Å². The smallest absolute Gasteiger partial charge is 0.0184 e. The van der Waals surface area contributed by atoms with Crippen molar-refractivity contribution in [2.75, 3.05) is 39.5 Å². The molecule has 0 heterocycles. The van der Waals surface area contributed by atoms with Gasteiger partial charge < -0.3 is 10.2 Å². The predicted molar refractivity (Wildman–Crippen MR) is 83.3 cm³/mol. The van der Waals surface area contributed by atoms with Gasteiger partial charge in [-0.15, -0.1) is 0 Å². The highest BCUT2D eigenvalue weighted by molar-refractivity contribution is 7.98. The van der Waals surface area contributed by atoms with Crippen molar-refractivity contribution in [1.82, 2.24) is 10.2 Å². The van der Waals surface area contributed by atoms with E-state index in [-0.39, 0.29) is 0 Å². The Morgan fingerprint density at radius 3 is 2.50 bits per heavy atom. The van der Waals surface area contributed by atoms with Crippen LogP contribution in [-0.4, -0.2) is 44.4 Å². The van der Waals surface area contributed by atoms with Gasteiger partial charge in [0.05, 0.1) is 0 Å². The zero-order chi connectivity index (χ0) is 13.1. The van der Waals surface area contributed by atoms with Gasteiger partial charge >= 0.3 is 0 Å². The molecule has 0 atom stereocenters. The molecule has 1 aromatic carbocycles. The summed E-state index contributed by atoms with van der Waals surface area (Å²) in [6.07, 6.45) is 2.50. The first-order valence-electron chi connectivity index (χ1n) is 6.76. The van der Waals surface area contributed by atoms with Crippen molar-refractivity contribution in [1.29, 1.82) is 0 Å². The minimum Gasteiger partial charge on any atom is -0.317 e. The number of nitrogens with one attached hydrogen (secondary N) is 1. The molecule has 102 valence electrons. The fraction of sp³-hybridized carbons (Fsp3) is 0.600. The first-order valence-corrected chi connectivity index (χ1v) is 7.91. The van der Waals surface area contributed by atoms with Crippen LogP contribution in [0.25, 0.3) is 0 Å². The number of nitrogens with zero attached hydrogens (tertiary/aromatic N) is 1. The minimum atomic E-state index is 1.14. The van der Waals surface area contributed by atoms with Gasteiger partial charge in [0.15, 0.2) is 0 Å². The van der Waals surface area contributed by atoms with Crippen molar-refractivity contribution in [3.63, 3.8) is 0 Å². The standard InChI is InChI=1S/C15H26N2S/c1-17(2)12-6-10-16-11-7-13-18-14-15-8-4-3-5-9-15/h3-5,8-9,16H,6-7,10-14H2,1-2H3.